The van der Waals surface area contributed by atoms with Crippen LogP contribution in [-0.4, -0.2) is 11.7 Å². The minimum absolute atomic E-state index is 0.314. The minimum Gasteiger partial charge on any atom is -0.507 e. The third-order valence-corrected chi connectivity index (χ3v) is 3.05. The molecular weight excluding hydrogens is 303 g/mol. The summed E-state index contributed by atoms with van der Waals surface area (Å²) in [7, 11) is 0. The molecule has 0 aromatic heterocycles. The molecule has 1 aromatic rings. The van der Waals surface area contributed by atoms with Crippen LogP contribution < -0.4 is 4.74 Å². The van der Waals surface area contributed by atoms with Crippen molar-refractivity contribution >= 4 is 22.6 Å². The van der Waals surface area contributed by atoms with E-state index in [0.717, 1.165) is 22.3 Å². The SMILES string of the molecule is CCCCCCOc1ccc(O)c(I)c1. The molecule has 0 heterocycles. The van der Waals surface area contributed by atoms with E-state index in [0.29, 0.717) is 5.75 Å². The van der Waals surface area contributed by atoms with Crippen LogP contribution in [0.5, 0.6) is 11.5 Å². The van der Waals surface area contributed by atoms with E-state index in [1.54, 1.807) is 12.1 Å². The van der Waals surface area contributed by atoms with Gasteiger partial charge in [0.05, 0.1) is 10.2 Å². The third-order valence-electron chi connectivity index (χ3n) is 2.19. The molecule has 0 atom stereocenters. The van der Waals surface area contributed by atoms with Gasteiger partial charge in [-0.25, -0.2) is 0 Å². The van der Waals surface area contributed by atoms with E-state index in [4.69, 9.17) is 4.74 Å². The lowest BCUT2D eigenvalue weighted by molar-refractivity contribution is 0.304. The average molecular weight is 320 g/mol. The number of rotatable bonds is 6. The monoisotopic (exact) mass is 320 g/mol. The van der Waals surface area contributed by atoms with Gasteiger partial charge in [-0.2, -0.15) is 0 Å². The minimum atomic E-state index is 0.314. The molecule has 0 fully saturated rings. The highest BCUT2D eigenvalue weighted by Gasteiger charge is 1.99. The van der Waals surface area contributed by atoms with E-state index in [-0.39, 0.29) is 0 Å². The van der Waals surface area contributed by atoms with Crippen LogP contribution in [-0.2, 0) is 0 Å². The molecule has 0 bridgehead atoms. The van der Waals surface area contributed by atoms with E-state index >= 15 is 0 Å². The lowest BCUT2D eigenvalue weighted by atomic mass is 10.2. The number of ether oxygens (including phenoxy) is 1. The molecule has 0 aliphatic heterocycles. The Morgan fingerprint density at radius 3 is 2.73 bits per heavy atom. The van der Waals surface area contributed by atoms with Gasteiger partial charge in [-0.05, 0) is 47.2 Å². The van der Waals surface area contributed by atoms with Crippen LogP contribution in [0.15, 0.2) is 18.2 Å². The summed E-state index contributed by atoms with van der Waals surface area (Å²) in [6.07, 6.45) is 4.85. The van der Waals surface area contributed by atoms with Crippen LogP contribution in [0.3, 0.4) is 0 Å². The van der Waals surface area contributed by atoms with Crippen molar-refractivity contribution in [2.24, 2.45) is 0 Å². The van der Waals surface area contributed by atoms with E-state index in [1.807, 2.05) is 6.07 Å². The average Bonchev–Trinajstić information content (AvgIpc) is 2.23. The fourth-order valence-corrected chi connectivity index (χ4v) is 1.78. The Balaban J connectivity index is 2.28. The molecule has 0 spiro atoms. The van der Waals surface area contributed by atoms with Crippen molar-refractivity contribution < 1.29 is 9.84 Å². The molecule has 0 amide bonds. The van der Waals surface area contributed by atoms with Crippen molar-refractivity contribution in [3.63, 3.8) is 0 Å². The first-order chi connectivity index (χ1) is 7.24. The number of unbranched alkanes of at least 4 members (excludes halogenated alkanes) is 3. The molecule has 1 aromatic carbocycles. The number of phenols is 1. The van der Waals surface area contributed by atoms with Crippen molar-refractivity contribution in [2.45, 2.75) is 32.6 Å². The van der Waals surface area contributed by atoms with Crippen LogP contribution in [0.2, 0.25) is 0 Å². The summed E-state index contributed by atoms with van der Waals surface area (Å²) in [5.41, 5.74) is 0. The van der Waals surface area contributed by atoms with Crippen molar-refractivity contribution in [1.29, 1.82) is 0 Å². The van der Waals surface area contributed by atoms with Crippen molar-refractivity contribution in [1.82, 2.24) is 0 Å². The van der Waals surface area contributed by atoms with Crippen LogP contribution in [0.1, 0.15) is 32.6 Å². The van der Waals surface area contributed by atoms with Crippen LogP contribution >= 0.6 is 22.6 Å². The largest absolute Gasteiger partial charge is 0.507 e. The second-order valence-electron chi connectivity index (χ2n) is 3.52. The first-order valence-corrected chi connectivity index (χ1v) is 6.43. The summed E-state index contributed by atoms with van der Waals surface area (Å²) in [5, 5.41) is 9.32. The Morgan fingerprint density at radius 1 is 1.27 bits per heavy atom. The van der Waals surface area contributed by atoms with Crippen LogP contribution in [0.4, 0.5) is 0 Å². The molecule has 15 heavy (non-hydrogen) atoms. The third kappa shape index (κ3) is 4.73. The Kier molecular flexibility index (Phi) is 5.83. The molecule has 84 valence electrons. The molecule has 0 aliphatic carbocycles. The highest BCUT2D eigenvalue weighted by Crippen LogP contribution is 2.24. The molecule has 2 nitrogen and oxygen atoms in total. The van der Waals surface area contributed by atoms with E-state index in [1.165, 1.54) is 19.3 Å². The number of phenolic OH excluding ortho intramolecular Hbond substituents is 1. The van der Waals surface area contributed by atoms with E-state index in [2.05, 4.69) is 29.5 Å². The topological polar surface area (TPSA) is 29.5 Å². The lowest BCUT2D eigenvalue weighted by Gasteiger charge is -2.06. The summed E-state index contributed by atoms with van der Waals surface area (Å²) >= 11 is 2.09. The van der Waals surface area contributed by atoms with E-state index < -0.39 is 0 Å². The molecule has 0 aliphatic rings. The van der Waals surface area contributed by atoms with Gasteiger partial charge in [0.25, 0.3) is 0 Å². The number of hydrogen-bond acceptors (Lipinski definition) is 2. The van der Waals surface area contributed by atoms with Gasteiger partial charge in [-0.1, -0.05) is 26.2 Å². The van der Waals surface area contributed by atoms with Crippen molar-refractivity contribution in [3.8, 4) is 11.5 Å². The zero-order valence-electron chi connectivity index (χ0n) is 9.00. The predicted octanol–water partition coefficient (Wildman–Crippen LogP) is 3.96. The van der Waals surface area contributed by atoms with Crippen LogP contribution in [0.25, 0.3) is 0 Å². The number of hydrogen-bond donors (Lipinski definition) is 1. The first kappa shape index (κ1) is 12.6. The second kappa shape index (κ2) is 6.93. The van der Waals surface area contributed by atoms with Gasteiger partial charge < -0.3 is 9.84 Å². The van der Waals surface area contributed by atoms with Gasteiger partial charge >= 0.3 is 0 Å². The number of halogens is 1. The van der Waals surface area contributed by atoms with Gasteiger partial charge in [0.1, 0.15) is 11.5 Å². The maximum absolute atomic E-state index is 9.32. The quantitative estimate of drug-likeness (QED) is 0.635. The Hall–Kier alpha value is -0.450. The maximum atomic E-state index is 9.32. The van der Waals surface area contributed by atoms with Crippen molar-refractivity contribution in [2.75, 3.05) is 6.61 Å². The molecule has 0 radical (unpaired) electrons. The zero-order valence-corrected chi connectivity index (χ0v) is 11.2. The van der Waals surface area contributed by atoms with E-state index in [9.17, 15) is 5.11 Å². The summed E-state index contributed by atoms with van der Waals surface area (Å²) < 4.78 is 6.40. The number of benzene rings is 1. The Bertz CT molecular complexity index is 300. The van der Waals surface area contributed by atoms with Gasteiger partial charge in [0, 0.05) is 0 Å². The summed E-state index contributed by atoms with van der Waals surface area (Å²) in [5.74, 6) is 1.16. The molecule has 1 rings (SSSR count). The summed E-state index contributed by atoms with van der Waals surface area (Å²) in [6, 6.07) is 5.33. The highest BCUT2D eigenvalue weighted by atomic mass is 127. The molecule has 3 heteroatoms. The fourth-order valence-electron chi connectivity index (χ4n) is 1.30. The van der Waals surface area contributed by atoms with Gasteiger partial charge in [-0.3, -0.25) is 0 Å². The fraction of sp³-hybridized carbons (Fsp3) is 0.500. The predicted molar refractivity (Wildman–Crippen MR) is 70.5 cm³/mol. The molecule has 0 saturated heterocycles. The normalized spacial score (nSPS) is 10.3. The standard InChI is InChI=1S/C12H17IO2/c1-2-3-4-5-8-15-10-6-7-12(14)11(13)9-10/h6-7,9,14H,2-5,8H2,1H3. The highest BCUT2D eigenvalue weighted by molar-refractivity contribution is 14.1. The van der Waals surface area contributed by atoms with Gasteiger partial charge in [0.2, 0.25) is 0 Å². The van der Waals surface area contributed by atoms with Gasteiger partial charge in [-0.15, -0.1) is 0 Å². The molecule has 0 unspecified atom stereocenters. The molecular formula is C12H17IO2. The summed E-state index contributed by atoms with van der Waals surface area (Å²) in [4.78, 5) is 0. The maximum Gasteiger partial charge on any atom is 0.129 e. The zero-order chi connectivity index (χ0) is 11.1. The van der Waals surface area contributed by atoms with Crippen LogP contribution in [0, 0.1) is 3.57 Å². The molecule has 0 saturated carbocycles. The Labute approximate surface area is 105 Å². The van der Waals surface area contributed by atoms with Gasteiger partial charge in [0.15, 0.2) is 0 Å². The smallest absolute Gasteiger partial charge is 0.129 e. The number of aromatic hydroxyl groups is 1. The summed E-state index contributed by atoms with van der Waals surface area (Å²) in [6.45, 7) is 2.96. The molecule has 1 N–H and O–H groups in total. The lowest BCUT2D eigenvalue weighted by Crippen LogP contribution is -1.97. The second-order valence-corrected chi connectivity index (χ2v) is 4.68. The van der Waals surface area contributed by atoms with Crippen molar-refractivity contribution in [3.05, 3.63) is 21.8 Å². The first-order valence-electron chi connectivity index (χ1n) is 5.35. The Morgan fingerprint density at radius 2 is 2.07 bits per heavy atom.